The zero-order valence-electron chi connectivity index (χ0n) is 55.5. The third-order valence-corrected chi connectivity index (χ3v) is 17.5. The summed E-state index contributed by atoms with van der Waals surface area (Å²) in [7, 11) is 1.57. The van der Waals surface area contributed by atoms with E-state index in [1.165, 1.54) is 295 Å². The van der Waals surface area contributed by atoms with E-state index in [1.54, 1.807) is 6.08 Å². The highest BCUT2D eigenvalue weighted by Crippen LogP contribution is 2.43. The third kappa shape index (κ3) is 66.0. The highest BCUT2D eigenvalue weighted by molar-refractivity contribution is 7.47. The number of carbonyl (C=O) groups is 1. The predicted octanol–water partition coefficient (Wildman–Crippen LogP) is 23.0. The predicted molar refractivity (Wildman–Crippen MR) is 360 cm³/mol. The molecule has 0 saturated carbocycles. The Kier molecular flexibility index (Phi) is 62.7. The van der Waals surface area contributed by atoms with E-state index in [2.05, 4.69) is 55.6 Å². The molecule has 0 spiro atoms. The molecule has 3 unspecified atom stereocenters. The first-order valence-electron chi connectivity index (χ1n) is 36.0. The Hall–Kier alpha value is -1.54. The highest BCUT2D eigenvalue weighted by Gasteiger charge is 2.28. The number of nitrogens with one attached hydrogen (secondary N) is 1. The lowest BCUT2D eigenvalue weighted by Crippen LogP contribution is -2.45. The molecular formula is C73H142N2O6P+. The van der Waals surface area contributed by atoms with Crippen molar-refractivity contribution in [1.82, 2.24) is 5.32 Å². The zero-order valence-corrected chi connectivity index (χ0v) is 56.4. The molecule has 82 heavy (non-hydrogen) atoms. The van der Waals surface area contributed by atoms with E-state index in [1.807, 2.05) is 27.2 Å². The van der Waals surface area contributed by atoms with Gasteiger partial charge < -0.3 is 19.8 Å². The minimum Gasteiger partial charge on any atom is -0.387 e. The monoisotopic (exact) mass is 1170 g/mol. The number of likely N-dealkylation sites (N-methyl/N-ethyl adjacent to an activating group) is 1. The van der Waals surface area contributed by atoms with Crippen LogP contribution in [0.2, 0.25) is 0 Å². The van der Waals surface area contributed by atoms with Crippen LogP contribution < -0.4 is 5.32 Å². The quantitative estimate of drug-likeness (QED) is 0.0243. The van der Waals surface area contributed by atoms with Gasteiger partial charge in [-0.05, 0) is 64.2 Å². The van der Waals surface area contributed by atoms with Crippen molar-refractivity contribution >= 4 is 13.7 Å². The second-order valence-electron chi connectivity index (χ2n) is 26.0. The van der Waals surface area contributed by atoms with Crippen molar-refractivity contribution in [3.8, 4) is 0 Å². The molecule has 0 aliphatic rings. The standard InChI is InChI=1S/C73H141N2O6P/c1-6-8-10-12-14-16-18-20-22-24-26-28-30-32-34-35-36-37-38-39-41-43-45-47-49-51-53-55-57-59-61-63-65-67-73(77)74-71(70-81-82(78,79)80-69-68-75(3,4)5)72(76)66-64-62-60-58-56-54-52-50-48-46-44-42-40-33-31-29-27-25-23-21-19-17-15-13-11-9-7-2/h18,20,24,26,56,58,64,66,71-72,76H,6-17,19,21-23,25,27-55,57,59-63,65,67-70H2,1-5H3,(H-,74,77,78,79)/p+1/b20-18-,26-24-,58-56+,66-64+. The third-order valence-electron chi connectivity index (χ3n) is 16.5. The Balaban J connectivity index is 4.05. The number of phosphoric ester groups is 1. The minimum absolute atomic E-state index is 0.0574. The summed E-state index contributed by atoms with van der Waals surface area (Å²) in [6.45, 7) is 4.84. The number of hydrogen-bond acceptors (Lipinski definition) is 5. The van der Waals surface area contributed by atoms with Gasteiger partial charge >= 0.3 is 7.82 Å². The topological polar surface area (TPSA) is 105 Å². The van der Waals surface area contributed by atoms with E-state index in [9.17, 15) is 19.4 Å². The van der Waals surface area contributed by atoms with E-state index in [0.717, 1.165) is 44.9 Å². The second kappa shape index (κ2) is 63.9. The number of aliphatic hydroxyl groups is 1. The number of carbonyl (C=O) groups excluding carboxylic acids is 1. The summed E-state index contributed by atoms with van der Waals surface area (Å²) in [5.74, 6) is -0.180. The smallest absolute Gasteiger partial charge is 0.387 e. The van der Waals surface area contributed by atoms with E-state index in [-0.39, 0.29) is 19.1 Å². The fourth-order valence-electron chi connectivity index (χ4n) is 10.9. The molecule has 0 heterocycles. The van der Waals surface area contributed by atoms with Crippen LogP contribution in [-0.2, 0) is 18.4 Å². The molecule has 3 atom stereocenters. The number of unbranched alkanes of at least 4 members (excludes halogenated alkanes) is 48. The normalized spacial score (nSPS) is 13.9. The molecule has 9 heteroatoms. The van der Waals surface area contributed by atoms with Gasteiger partial charge in [-0.2, -0.15) is 0 Å². The lowest BCUT2D eigenvalue weighted by atomic mass is 10.0. The number of phosphoric acid groups is 1. The molecule has 8 nitrogen and oxygen atoms in total. The van der Waals surface area contributed by atoms with Crippen molar-refractivity contribution in [2.75, 3.05) is 40.9 Å². The number of rotatable bonds is 67. The first-order chi connectivity index (χ1) is 40.0. The summed E-state index contributed by atoms with van der Waals surface area (Å²) >= 11 is 0. The molecule has 0 radical (unpaired) electrons. The fourth-order valence-corrected chi connectivity index (χ4v) is 11.7. The van der Waals surface area contributed by atoms with E-state index in [4.69, 9.17) is 9.05 Å². The van der Waals surface area contributed by atoms with Crippen molar-refractivity contribution in [3.05, 3.63) is 48.6 Å². The molecule has 3 N–H and O–H groups in total. The van der Waals surface area contributed by atoms with Crippen LogP contribution in [0, 0.1) is 0 Å². The summed E-state index contributed by atoms with van der Waals surface area (Å²) < 4.78 is 23.8. The van der Waals surface area contributed by atoms with Crippen LogP contribution in [0.25, 0.3) is 0 Å². The Labute approximate surface area is 511 Å². The zero-order chi connectivity index (χ0) is 59.8. The molecule has 484 valence electrons. The maximum absolute atomic E-state index is 13.1. The van der Waals surface area contributed by atoms with Gasteiger partial charge in [0.2, 0.25) is 5.91 Å². The number of hydrogen-bond donors (Lipinski definition) is 3. The van der Waals surface area contributed by atoms with Crippen molar-refractivity contribution < 1.29 is 32.9 Å². The lowest BCUT2D eigenvalue weighted by Gasteiger charge is -2.25. The van der Waals surface area contributed by atoms with Gasteiger partial charge in [0.15, 0.2) is 0 Å². The van der Waals surface area contributed by atoms with Crippen LogP contribution in [0.1, 0.15) is 361 Å². The maximum atomic E-state index is 13.1. The minimum atomic E-state index is -4.36. The van der Waals surface area contributed by atoms with Gasteiger partial charge in [-0.25, -0.2) is 4.57 Å². The first kappa shape index (κ1) is 80.5. The van der Waals surface area contributed by atoms with E-state index >= 15 is 0 Å². The lowest BCUT2D eigenvalue weighted by molar-refractivity contribution is -0.870. The van der Waals surface area contributed by atoms with Crippen LogP contribution in [0.15, 0.2) is 48.6 Å². The Morgan fingerprint density at radius 3 is 1.05 bits per heavy atom. The molecule has 0 aromatic heterocycles. The number of nitrogens with zero attached hydrogens (tertiary/aromatic N) is 1. The number of aliphatic hydroxyl groups excluding tert-OH is 1. The molecular weight excluding hydrogens is 1030 g/mol. The van der Waals surface area contributed by atoms with Gasteiger partial charge in [-0.1, -0.05) is 339 Å². The largest absolute Gasteiger partial charge is 0.472 e. The van der Waals surface area contributed by atoms with Crippen LogP contribution in [0.3, 0.4) is 0 Å². The summed E-state index contributed by atoms with van der Waals surface area (Å²) in [5, 5.41) is 14.0. The van der Waals surface area contributed by atoms with Gasteiger partial charge in [-0.3, -0.25) is 13.8 Å². The maximum Gasteiger partial charge on any atom is 0.472 e. The Morgan fingerprint density at radius 1 is 0.415 bits per heavy atom. The molecule has 0 rings (SSSR count). The Morgan fingerprint density at radius 2 is 0.707 bits per heavy atom. The van der Waals surface area contributed by atoms with Crippen LogP contribution in [0.4, 0.5) is 0 Å². The molecule has 0 fully saturated rings. The van der Waals surface area contributed by atoms with Gasteiger partial charge in [0.05, 0.1) is 39.9 Å². The summed E-state index contributed by atoms with van der Waals surface area (Å²) in [6.07, 6.45) is 87.0. The van der Waals surface area contributed by atoms with E-state index < -0.39 is 20.0 Å². The van der Waals surface area contributed by atoms with Crippen molar-refractivity contribution in [2.24, 2.45) is 0 Å². The summed E-state index contributed by atoms with van der Waals surface area (Å²) in [6, 6.07) is -0.864. The molecule has 0 aliphatic carbocycles. The number of amides is 1. The average molecular weight is 1170 g/mol. The molecule has 0 aliphatic heterocycles. The van der Waals surface area contributed by atoms with Crippen LogP contribution in [-0.4, -0.2) is 73.4 Å². The number of allylic oxidation sites excluding steroid dienone is 7. The SMILES string of the molecule is CCCCCCC/C=C\C/C=C\CCCCCCCCCCCCCCCCCCCCCCCC(=O)NC(COP(=O)(O)OCC[N+](C)(C)C)C(O)/C=C/CC/C=C/CCCCCCCCCCCCCCCCCCCCCCC. The van der Waals surface area contributed by atoms with Crippen molar-refractivity contribution in [3.63, 3.8) is 0 Å². The van der Waals surface area contributed by atoms with Gasteiger partial charge in [0.25, 0.3) is 0 Å². The molecule has 0 aromatic rings. The van der Waals surface area contributed by atoms with Crippen molar-refractivity contribution in [2.45, 2.75) is 373 Å². The second-order valence-corrected chi connectivity index (χ2v) is 27.4. The molecule has 1 amide bonds. The molecule has 0 bridgehead atoms. The van der Waals surface area contributed by atoms with E-state index in [0.29, 0.717) is 17.4 Å². The fraction of sp³-hybridized carbons (Fsp3) is 0.877. The molecule has 0 saturated heterocycles. The average Bonchev–Trinajstić information content (AvgIpc) is 3.47. The summed E-state index contributed by atoms with van der Waals surface area (Å²) in [4.78, 5) is 23.4. The Bertz CT molecular complexity index is 1480. The van der Waals surface area contributed by atoms with Crippen LogP contribution in [0.5, 0.6) is 0 Å². The van der Waals surface area contributed by atoms with Gasteiger partial charge in [0, 0.05) is 6.42 Å². The molecule has 0 aromatic carbocycles. The van der Waals surface area contributed by atoms with Crippen LogP contribution >= 0.6 is 7.82 Å². The highest BCUT2D eigenvalue weighted by atomic mass is 31.2. The first-order valence-corrected chi connectivity index (χ1v) is 37.5. The van der Waals surface area contributed by atoms with Gasteiger partial charge in [-0.15, -0.1) is 0 Å². The van der Waals surface area contributed by atoms with Crippen molar-refractivity contribution in [1.29, 1.82) is 0 Å². The van der Waals surface area contributed by atoms with Gasteiger partial charge in [0.1, 0.15) is 13.2 Å². The number of quaternary nitrogens is 1. The summed E-state index contributed by atoms with van der Waals surface area (Å²) in [5.41, 5.74) is 0.